The summed E-state index contributed by atoms with van der Waals surface area (Å²) in [6, 6.07) is 14.6. The number of aromatic nitrogens is 2. The average Bonchev–Trinajstić information content (AvgIpc) is 3.03. The largest absolute Gasteiger partial charge is 0.491 e. The second-order valence-electron chi connectivity index (χ2n) is 5.93. The van der Waals surface area contributed by atoms with Crippen molar-refractivity contribution in [2.45, 2.75) is 26.9 Å². The van der Waals surface area contributed by atoms with Gasteiger partial charge in [0.05, 0.1) is 6.10 Å². The molecule has 6 nitrogen and oxygen atoms in total. The first-order chi connectivity index (χ1) is 12.0. The minimum Gasteiger partial charge on any atom is -0.491 e. The normalized spacial score (nSPS) is 10.7. The first-order valence-electron chi connectivity index (χ1n) is 8.00. The van der Waals surface area contributed by atoms with Crippen LogP contribution in [-0.4, -0.2) is 22.2 Å². The monoisotopic (exact) mass is 337 g/mol. The Hall–Kier alpha value is -3.15. The highest BCUT2D eigenvalue weighted by Gasteiger charge is 2.13. The van der Waals surface area contributed by atoms with Gasteiger partial charge in [-0.2, -0.15) is 0 Å². The molecule has 2 aromatic carbocycles. The Bertz CT molecular complexity index is 870. The third-order valence-electron chi connectivity index (χ3n) is 3.40. The van der Waals surface area contributed by atoms with Gasteiger partial charge in [0.1, 0.15) is 5.75 Å². The van der Waals surface area contributed by atoms with Crippen molar-refractivity contribution >= 4 is 11.9 Å². The number of ether oxygens (including phenoxy) is 1. The van der Waals surface area contributed by atoms with Gasteiger partial charge in [0.25, 0.3) is 5.91 Å². The van der Waals surface area contributed by atoms with Crippen LogP contribution in [0.3, 0.4) is 0 Å². The van der Waals surface area contributed by atoms with Crippen molar-refractivity contribution in [3.8, 4) is 17.2 Å². The zero-order valence-electron chi connectivity index (χ0n) is 14.3. The number of nitrogens with one attached hydrogen (secondary N) is 1. The van der Waals surface area contributed by atoms with Gasteiger partial charge in [0.2, 0.25) is 5.89 Å². The minimum atomic E-state index is -0.324. The predicted octanol–water partition coefficient (Wildman–Crippen LogP) is 4.08. The Balaban J connectivity index is 1.69. The van der Waals surface area contributed by atoms with Gasteiger partial charge in [-0.15, -0.1) is 5.10 Å². The highest BCUT2D eigenvalue weighted by atomic mass is 16.5. The van der Waals surface area contributed by atoms with Crippen LogP contribution in [0.5, 0.6) is 5.75 Å². The number of anilines is 1. The van der Waals surface area contributed by atoms with Gasteiger partial charge in [0, 0.05) is 11.1 Å². The summed E-state index contributed by atoms with van der Waals surface area (Å²) >= 11 is 0. The zero-order chi connectivity index (χ0) is 17.8. The molecule has 0 atom stereocenters. The maximum absolute atomic E-state index is 12.3. The fourth-order valence-corrected chi connectivity index (χ4v) is 2.29. The molecular formula is C19H19N3O3. The van der Waals surface area contributed by atoms with E-state index in [4.69, 9.17) is 9.15 Å². The van der Waals surface area contributed by atoms with Crippen molar-refractivity contribution in [1.82, 2.24) is 10.2 Å². The van der Waals surface area contributed by atoms with Crippen molar-refractivity contribution in [1.29, 1.82) is 0 Å². The molecule has 0 unspecified atom stereocenters. The molecule has 0 bridgehead atoms. The van der Waals surface area contributed by atoms with Gasteiger partial charge >= 0.3 is 6.01 Å². The second-order valence-corrected chi connectivity index (χ2v) is 5.93. The molecule has 25 heavy (non-hydrogen) atoms. The number of aryl methyl sites for hydroxylation is 1. The number of carbonyl (C=O) groups is 1. The first kappa shape index (κ1) is 16.7. The Kier molecular flexibility index (Phi) is 4.79. The van der Waals surface area contributed by atoms with E-state index < -0.39 is 0 Å². The van der Waals surface area contributed by atoms with Crippen LogP contribution in [0.25, 0.3) is 11.5 Å². The Morgan fingerprint density at radius 1 is 1.12 bits per heavy atom. The minimum absolute atomic E-state index is 0.0593. The van der Waals surface area contributed by atoms with E-state index in [9.17, 15) is 4.79 Å². The molecule has 1 aromatic heterocycles. The molecule has 0 spiro atoms. The Morgan fingerprint density at radius 3 is 2.56 bits per heavy atom. The fraction of sp³-hybridized carbons (Fsp3) is 0.211. The molecule has 3 rings (SSSR count). The number of amides is 1. The van der Waals surface area contributed by atoms with Crippen LogP contribution in [0.15, 0.2) is 52.9 Å². The number of rotatable bonds is 5. The molecule has 0 aliphatic carbocycles. The summed E-state index contributed by atoms with van der Waals surface area (Å²) in [6.07, 6.45) is 0.0816. The SMILES string of the molecule is Cc1cccc(-c2nnc(NC(=O)c3ccc(OC(C)C)cc3)o2)c1. The van der Waals surface area contributed by atoms with E-state index in [2.05, 4.69) is 15.5 Å². The molecular weight excluding hydrogens is 318 g/mol. The molecule has 128 valence electrons. The third kappa shape index (κ3) is 4.23. The lowest BCUT2D eigenvalue weighted by Gasteiger charge is -2.09. The molecule has 0 aliphatic rings. The van der Waals surface area contributed by atoms with E-state index in [-0.39, 0.29) is 18.0 Å². The van der Waals surface area contributed by atoms with Crippen LogP contribution in [0.1, 0.15) is 29.8 Å². The van der Waals surface area contributed by atoms with Crippen molar-refractivity contribution in [2.75, 3.05) is 5.32 Å². The number of hydrogen-bond donors (Lipinski definition) is 1. The van der Waals surface area contributed by atoms with Gasteiger partial charge in [-0.25, -0.2) is 0 Å². The number of hydrogen-bond acceptors (Lipinski definition) is 5. The third-order valence-corrected chi connectivity index (χ3v) is 3.40. The first-order valence-corrected chi connectivity index (χ1v) is 8.00. The van der Waals surface area contributed by atoms with Crippen LogP contribution in [0, 0.1) is 6.92 Å². The van der Waals surface area contributed by atoms with Crippen LogP contribution in [0.4, 0.5) is 6.01 Å². The number of benzene rings is 2. The standard InChI is InChI=1S/C19H19N3O3/c1-12(2)24-16-9-7-14(8-10-16)17(23)20-19-22-21-18(25-19)15-6-4-5-13(3)11-15/h4-12H,1-3H3,(H,20,22,23). The molecule has 0 saturated carbocycles. The van der Waals surface area contributed by atoms with Gasteiger partial charge in [-0.3, -0.25) is 10.1 Å². The van der Waals surface area contributed by atoms with Crippen molar-refractivity contribution in [2.24, 2.45) is 0 Å². The van der Waals surface area contributed by atoms with Gasteiger partial charge in [0.15, 0.2) is 0 Å². The summed E-state index contributed by atoms with van der Waals surface area (Å²) in [4.78, 5) is 12.3. The molecule has 1 N–H and O–H groups in total. The fourth-order valence-electron chi connectivity index (χ4n) is 2.29. The maximum Gasteiger partial charge on any atom is 0.322 e. The van der Waals surface area contributed by atoms with Crippen LogP contribution >= 0.6 is 0 Å². The van der Waals surface area contributed by atoms with E-state index in [0.717, 1.165) is 11.1 Å². The number of carbonyl (C=O) groups excluding carboxylic acids is 1. The van der Waals surface area contributed by atoms with Crippen molar-refractivity contribution in [3.05, 3.63) is 59.7 Å². The zero-order valence-corrected chi connectivity index (χ0v) is 14.3. The second kappa shape index (κ2) is 7.17. The molecule has 6 heteroatoms. The van der Waals surface area contributed by atoms with E-state index >= 15 is 0 Å². The van der Waals surface area contributed by atoms with E-state index in [1.165, 1.54) is 0 Å². The molecule has 1 heterocycles. The molecule has 0 saturated heterocycles. The Labute approximate surface area is 145 Å². The smallest absolute Gasteiger partial charge is 0.322 e. The van der Waals surface area contributed by atoms with Gasteiger partial charge < -0.3 is 9.15 Å². The summed E-state index contributed by atoms with van der Waals surface area (Å²) < 4.78 is 11.1. The number of nitrogens with zero attached hydrogens (tertiary/aromatic N) is 2. The summed E-state index contributed by atoms with van der Waals surface area (Å²) in [6.45, 7) is 5.87. The highest BCUT2D eigenvalue weighted by molar-refractivity contribution is 6.03. The summed E-state index contributed by atoms with van der Waals surface area (Å²) in [5.41, 5.74) is 2.37. The lowest BCUT2D eigenvalue weighted by atomic mass is 10.1. The molecule has 0 radical (unpaired) electrons. The van der Waals surface area contributed by atoms with E-state index in [0.29, 0.717) is 17.2 Å². The van der Waals surface area contributed by atoms with Crippen molar-refractivity contribution in [3.63, 3.8) is 0 Å². The average molecular weight is 337 g/mol. The Morgan fingerprint density at radius 2 is 1.88 bits per heavy atom. The van der Waals surface area contributed by atoms with Crippen LogP contribution < -0.4 is 10.1 Å². The lowest BCUT2D eigenvalue weighted by Crippen LogP contribution is -2.12. The van der Waals surface area contributed by atoms with Crippen LogP contribution in [-0.2, 0) is 0 Å². The van der Waals surface area contributed by atoms with E-state index in [1.54, 1.807) is 24.3 Å². The van der Waals surface area contributed by atoms with Gasteiger partial charge in [-0.05, 0) is 57.2 Å². The maximum atomic E-state index is 12.3. The summed E-state index contributed by atoms with van der Waals surface area (Å²) in [7, 11) is 0. The summed E-state index contributed by atoms with van der Waals surface area (Å²) in [5, 5.41) is 10.4. The molecule has 0 fully saturated rings. The quantitative estimate of drug-likeness (QED) is 0.759. The molecule has 1 amide bonds. The summed E-state index contributed by atoms with van der Waals surface area (Å²) in [5.74, 6) is 0.751. The van der Waals surface area contributed by atoms with E-state index in [1.807, 2.05) is 45.0 Å². The molecule has 0 aliphatic heterocycles. The topological polar surface area (TPSA) is 77.2 Å². The van der Waals surface area contributed by atoms with Gasteiger partial charge in [-0.1, -0.05) is 22.8 Å². The predicted molar refractivity (Wildman–Crippen MR) is 94.6 cm³/mol. The van der Waals surface area contributed by atoms with Crippen LogP contribution in [0.2, 0.25) is 0 Å². The lowest BCUT2D eigenvalue weighted by molar-refractivity contribution is 0.102. The molecule has 3 aromatic rings. The highest BCUT2D eigenvalue weighted by Crippen LogP contribution is 2.21. The van der Waals surface area contributed by atoms with Crippen molar-refractivity contribution < 1.29 is 13.9 Å².